The van der Waals surface area contributed by atoms with Gasteiger partial charge in [0.05, 0.1) is 5.56 Å². The number of carbonyl (C=O) groups is 1. The van der Waals surface area contributed by atoms with Crippen molar-refractivity contribution in [3.05, 3.63) is 62.8 Å². The third kappa shape index (κ3) is 5.73. The number of anilines is 1. The Bertz CT molecular complexity index is 1140. The van der Waals surface area contributed by atoms with Crippen molar-refractivity contribution in [3.8, 4) is 0 Å². The molecule has 0 fully saturated rings. The van der Waals surface area contributed by atoms with Crippen LogP contribution in [-0.2, 0) is 22.0 Å². The fourth-order valence-corrected chi connectivity index (χ4v) is 3.25. The summed E-state index contributed by atoms with van der Waals surface area (Å²) < 4.78 is 76.8. The average molecular weight is 491 g/mol. The summed E-state index contributed by atoms with van der Waals surface area (Å²) in [6, 6.07) is 0.642. The highest BCUT2D eigenvalue weighted by Gasteiger charge is 2.35. The fraction of sp³-hybridized carbons (Fsp3) is 0.400. The van der Waals surface area contributed by atoms with E-state index in [1.165, 1.54) is 6.92 Å². The molecule has 0 bridgehead atoms. The van der Waals surface area contributed by atoms with Gasteiger partial charge in [0.1, 0.15) is 11.7 Å². The molecule has 34 heavy (non-hydrogen) atoms. The summed E-state index contributed by atoms with van der Waals surface area (Å²) in [6.45, 7) is 3.46. The fourth-order valence-electron chi connectivity index (χ4n) is 3.25. The largest absolute Gasteiger partial charge is 0.421 e. The highest BCUT2D eigenvalue weighted by molar-refractivity contribution is 5.94. The summed E-state index contributed by atoms with van der Waals surface area (Å²) in [5.41, 5.74) is -0.531. The quantitative estimate of drug-likeness (QED) is 0.491. The zero-order chi connectivity index (χ0) is 25.3. The lowest BCUT2D eigenvalue weighted by Crippen LogP contribution is -2.37. The first kappa shape index (κ1) is 25.2. The SMILES string of the molecule is CC1=C(C(=O)NOC(C)c2c[nH]c(=O)c(C(F)(F)F)c2)CCN(c2ncc(C(F)(F)F)cn2)C1. The Labute approximate surface area is 188 Å². The molecule has 1 aliphatic rings. The van der Waals surface area contributed by atoms with Crippen LogP contribution in [0.25, 0.3) is 0 Å². The number of aromatic nitrogens is 3. The highest BCUT2D eigenvalue weighted by Crippen LogP contribution is 2.30. The van der Waals surface area contributed by atoms with Gasteiger partial charge < -0.3 is 9.88 Å². The molecule has 0 aromatic carbocycles. The van der Waals surface area contributed by atoms with E-state index in [1.54, 1.807) is 11.8 Å². The number of aromatic amines is 1. The van der Waals surface area contributed by atoms with Crippen LogP contribution < -0.4 is 15.9 Å². The second kappa shape index (κ2) is 9.44. The number of amides is 1. The van der Waals surface area contributed by atoms with Gasteiger partial charge in [-0.05, 0) is 31.9 Å². The van der Waals surface area contributed by atoms with Crippen molar-refractivity contribution in [1.29, 1.82) is 0 Å². The van der Waals surface area contributed by atoms with E-state index in [0.717, 1.165) is 6.20 Å². The molecule has 2 aromatic rings. The predicted octanol–water partition coefficient (Wildman–Crippen LogP) is 3.54. The lowest BCUT2D eigenvalue weighted by atomic mass is 10.0. The summed E-state index contributed by atoms with van der Waals surface area (Å²) in [5.74, 6) is -0.534. The van der Waals surface area contributed by atoms with Gasteiger partial charge in [0.15, 0.2) is 0 Å². The molecule has 1 unspecified atom stereocenters. The Balaban J connectivity index is 1.63. The average Bonchev–Trinajstić information content (AvgIpc) is 2.76. The molecule has 1 aliphatic heterocycles. The van der Waals surface area contributed by atoms with Crippen molar-refractivity contribution in [2.45, 2.75) is 38.7 Å². The third-order valence-corrected chi connectivity index (χ3v) is 5.13. The molecule has 1 amide bonds. The number of hydrogen-bond donors (Lipinski definition) is 2. The number of nitrogens with zero attached hydrogens (tertiary/aromatic N) is 3. The molecule has 0 spiro atoms. The van der Waals surface area contributed by atoms with Crippen LogP contribution in [0.2, 0.25) is 0 Å². The van der Waals surface area contributed by atoms with Crippen LogP contribution in [0.4, 0.5) is 32.3 Å². The number of halogens is 6. The smallest absolute Gasteiger partial charge is 0.336 e. The van der Waals surface area contributed by atoms with Gasteiger partial charge in [-0.3, -0.25) is 14.4 Å². The topological polar surface area (TPSA) is 100 Å². The van der Waals surface area contributed by atoms with E-state index in [2.05, 4.69) is 15.4 Å². The maximum atomic E-state index is 12.9. The first-order valence-corrected chi connectivity index (χ1v) is 9.86. The van der Waals surface area contributed by atoms with E-state index < -0.39 is 41.0 Å². The third-order valence-electron chi connectivity index (χ3n) is 5.13. The van der Waals surface area contributed by atoms with Gasteiger partial charge in [-0.2, -0.15) is 26.3 Å². The van der Waals surface area contributed by atoms with E-state index in [9.17, 15) is 35.9 Å². The molecular formula is C20H19F6N5O3. The Hall–Kier alpha value is -3.42. The number of hydrogen-bond acceptors (Lipinski definition) is 6. The molecule has 14 heteroatoms. The standard InChI is InChI=1S/C20H19F6N5O3/c1-10-9-31(18-28-7-13(8-29-18)19(21,22)23)4-3-14(10)16(32)30-34-11(2)12-5-15(20(24,25)26)17(33)27-6-12/h5-8,11H,3-4,9H2,1-2H3,(H,27,33)(H,30,32). The lowest BCUT2D eigenvalue weighted by molar-refractivity contribution is -0.139. The Morgan fingerprint density at radius 3 is 2.38 bits per heavy atom. The highest BCUT2D eigenvalue weighted by atomic mass is 19.4. The van der Waals surface area contributed by atoms with E-state index in [4.69, 9.17) is 4.84 Å². The lowest BCUT2D eigenvalue weighted by Gasteiger charge is -2.29. The molecule has 8 nitrogen and oxygen atoms in total. The van der Waals surface area contributed by atoms with Crippen molar-refractivity contribution in [2.75, 3.05) is 18.0 Å². The van der Waals surface area contributed by atoms with Crippen molar-refractivity contribution in [3.63, 3.8) is 0 Å². The maximum Gasteiger partial charge on any atom is 0.421 e. The first-order chi connectivity index (χ1) is 15.8. The Morgan fingerprint density at radius 2 is 1.82 bits per heavy atom. The number of alkyl halides is 6. The Morgan fingerprint density at radius 1 is 1.18 bits per heavy atom. The van der Waals surface area contributed by atoms with Gasteiger partial charge in [0.25, 0.3) is 11.5 Å². The molecule has 3 heterocycles. The minimum Gasteiger partial charge on any atom is -0.336 e. The van der Waals surface area contributed by atoms with Crippen LogP contribution in [0, 0.1) is 0 Å². The van der Waals surface area contributed by atoms with Gasteiger partial charge in [-0.1, -0.05) is 0 Å². The number of carbonyl (C=O) groups excluding carboxylic acids is 1. The van der Waals surface area contributed by atoms with Gasteiger partial charge in [-0.15, -0.1) is 0 Å². The number of nitrogens with one attached hydrogen (secondary N) is 2. The molecule has 184 valence electrons. The van der Waals surface area contributed by atoms with Gasteiger partial charge in [0, 0.05) is 42.8 Å². The monoisotopic (exact) mass is 491 g/mol. The number of hydroxylamine groups is 1. The summed E-state index contributed by atoms with van der Waals surface area (Å²) >= 11 is 0. The molecule has 0 aliphatic carbocycles. The molecule has 0 saturated carbocycles. The maximum absolute atomic E-state index is 12.9. The van der Waals surface area contributed by atoms with Crippen molar-refractivity contribution in [2.24, 2.45) is 0 Å². The van der Waals surface area contributed by atoms with E-state index in [1.807, 2.05) is 4.98 Å². The predicted molar refractivity (Wildman–Crippen MR) is 106 cm³/mol. The van der Waals surface area contributed by atoms with Crippen LogP contribution in [0.5, 0.6) is 0 Å². The zero-order valence-corrected chi connectivity index (χ0v) is 17.8. The second-order valence-corrected chi connectivity index (χ2v) is 7.56. The van der Waals surface area contributed by atoms with Crippen molar-refractivity contribution in [1.82, 2.24) is 20.4 Å². The molecule has 0 saturated heterocycles. The van der Waals surface area contributed by atoms with Crippen molar-refractivity contribution < 1.29 is 36.0 Å². The zero-order valence-electron chi connectivity index (χ0n) is 17.8. The number of pyridine rings is 1. The second-order valence-electron chi connectivity index (χ2n) is 7.56. The van der Waals surface area contributed by atoms with Crippen LogP contribution in [0.15, 0.2) is 40.6 Å². The number of H-pyrrole nitrogens is 1. The summed E-state index contributed by atoms with van der Waals surface area (Å²) in [5, 5.41) is 0. The first-order valence-electron chi connectivity index (χ1n) is 9.86. The summed E-state index contributed by atoms with van der Waals surface area (Å²) in [4.78, 5) is 40.2. The summed E-state index contributed by atoms with van der Waals surface area (Å²) in [7, 11) is 0. The van der Waals surface area contributed by atoms with Crippen molar-refractivity contribution >= 4 is 11.9 Å². The van der Waals surface area contributed by atoms with Crippen LogP contribution in [-0.4, -0.2) is 33.9 Å². The molecule has 2 N–H and O–H groups in total. The van der Waals surface area contributed by atoms with Crippen LogP contribution in [0.3, 0.4) is 0 Å². The molecule has 2 aromatic heterocycles. The van der Waals surface area contributed by atoms with Gasteiger partial charge in [0.2, 0.25) is 5.95 Å². The normalized spacial score (nSPS) is 15.9. The van der Waals surface area contributed by atoms with Gasteiger partial charge in [-0.25, -0.2) is 15.4 Å². The summed E-state index contributed by atoms with van der Waals surface area (Å²) in [6.07, 6.45) is -7.79. The molecular weight excluding hydrogens is 472 g/mol. The van der Waals surface area contributed by atoms with Gasteiger partial charge >= 0.3 is 12.4 Å². The molecule has 3 rings (SSSR count). The minimum atomic E-state index is -4.85. The minimum absolute atomic E-state index is 0.00722. The van der Waals surface area contributed by atoms with Crippen LogP contribution in [0.1, 0.15) is 43.1 Å². The Kier molecular flexibility index (Phi) is 7.00. The molecule has 1 atom stereocenters. The van der Waals surface area contributed by atoms with E-state index in [-0.39, 0.29) is 31.0 Å². The van der Waals surface area contributed by atoms with Crippen LogP contribution >= 0.6 is 0 Å². The van der Waals surface area contributed by atoms with E-state index in [0.29, 0.717) is 29.6 Å². The number of rotatable bonds is 5. The van der Waals surface area contributed by atoms with E-state index >= 15 is 0 Å². The molecule has 0 radical (unpaired) electrons.